The first-order chi connectivity index (χ1) is 9.36. The molecule has 0 bridgehead atoms. The third-order valence-corrected chi connectivity index (χ3v) is 2.89. The molecule has 0 aromatic carbocycles. The Labute approximate surface area is 116 Å². The first kappa shape index (κ1) is 16.5. The summed E-state index contributed by atoms with van der Waals surface area (Å²) < 4.78 is 37.7. The van der Waals surface area contributed by atoms with Crippen molar-refractivity contribution >= 4 is 11.8 Å². The van der Waals surface area contributed by atoms with Crippen molar-refractivity contribution in [2.24, 2.45) is 0 Å². The fourth-order valence-electron chi connectivity index (χ4n) is 1.76. The second-order valence-corrected chi connectivity index (χ2v) is 4.30. The first-order valence-corrected chi connectivity index (χ1v) is 6.54. The fourth-order valence-corrected chi connectivity index (χ4v) is 1.76. The number of nitrogens with one attached hydrogen (secondary N) is 1. The minimum atomic E-state index is -4.52. The zero-order chi connectivity index (χ0) is 15.2. The van der Waals surface area contributed by atoms with Gasteiger partial charge in [0.25, 0.3) is 0 Å². The molecule has 0 atom stereocenters. The smallest absolute Gasteiger partial charge is 0.370 e. The first-order valence-electron chi connectivity index (χ1n) is 6.54. The van der Waals surface area contributed by atoms with Gasteiger partial charge in [0, 0.05) is 12.6 Å². The minimum absolute atomic E-state index is 0.101. The number of nitrogen functional groups attached to an aromatic ring is 1. The standard InChI is InChI=1S/C12H20F3N5/c1-3-20(4-2)7-5-6-17-10-8-9(12(13,14)15)18-11(16)19-10/h8H,3-7H2,1-2H3,(H3,16,17,18,19). The van der Waals surface area contributed by atoms with E-state index in [2.05, 4.69) is 34.0 Å². The highest BCUT2D eigenvalue weighted by atomic mass is 19.4. The molecule has 0 fully saturated rings. The van der Waals surface area contributed by atoms with Gasteiger partial charge in [0.2, 0.25) is 5.95 Å². The maximum atomic E-state index is 12.6. The zero-order valence-corrected chi connectivity index (χ0v) is 11.7. The van der Waals surface area contributed by atoms with Crippen LogP contribution in [0.5, 0.6) is 0 Å². The summed E-state index contributed by atoms with van der Waals surface area (Å²) in [6, 6.07) is 0.869. The van der Waals surface area contributed by atoms with Crippen LogP contribution in [0.1, 0.15) is 26.0 Å². The van der Waals surface area contributed by atoms with Crippen LogP contribution in [0.2, 0.25) is 0 Å². The average molecular weight is 291 g/mol. The SMILES string of the molecule is CCN(CC)CCCNc1cc(C(F)(F)F)nc(N)n1. The molecule has 3 N–H and O–H groups in total. The average Bonchev–Trinajstić information content (AvgIpc) is 2.37. The van der Waals surface area contributed by atoms with Crippen molar-refractivity contribution in [3.05, 3.63) is 11.8 Å². The maximum absolute atomic E-state index is 12.6. The van der Waals surface area contributed by atoms with E-state index in [0.717, 1.165) is 32.1 Å². The maximum Gasteiger partial charge on any atom is 0.433 e. The molecule has 20 heavy (non-hydrogen) atoms. The summed E-state index contributed by atoms with van der Waals surface area (Å²) in [4.78, 5) is 9.16. The van der Waals surface area contributed by atoms with Crippen molar-refractivity contribution in [2.45, 2.75) is 26.4 Å². The third-order valence-electron chi connectivity index (χ3n) is 2.89. The molecule has 0 aliphatic carbocycles. The summed E-state index contributed by atoms with van der Waals surface area (Å²) >= 11 is 0. The lowest BCUT2D eigenvalue weighted by molar-refractivity contribution is -0.141. The highest BCUT2D eigenvalue weighted by molar-refractivity contribution is 5.41. The van der Waals surface area contributed by atoms with Crippen LogP contribution in [0.3, 0.4) is 0 Å². The molecule has 1 aromatic heterocycles. The predicted molar refractivity (Wildman–Crippen MR) is 72.3 cm³/mol. The highest BCUT2D eigenvalue weighted by Crippen LogP contribution is 2.29. The van der Waals surface area contributed by atoms with Crippen LogP contribution in [0.4, 0.5) is 24.9 Å². The normalized spacial score (nSPS) is 11.9. The molecule has 0 radical (unpaired) electrons. The lowest BCUT2D eigenvalue weighted by Gasteiger charge is -2.18. The van der Waals surface area contributed by atoms with Crippen LogP contribution in [0.15, 0.2) is 6.07 Å². The quantitative estimate of drug-likeness (QED) is 0.754. The van der Waals surface area contributed by atoms with Crippen LogP contribution < -0.4 is 11.1 Å². The lowest BCUT2D eigenvalue weighted by Crippen LogP contribution is -2.25. The van der Waals surface area contributed by atoms with E-state index in [4.69, 9.17) is 5.73 Å². The zero-order valence-electron chi connectivity index (χ0n) is 11.7. The molecule has 8 heteroatoms. The Morgan fingerprint density at radius 1 is 1.25 bits per heavy atom. The van der Waals surface area contributed by atoms with E-state index in [1.165, 1.54) is 0 Å². The molecule has 1 aromatic rings. The number of aromatic nitrogens is 2. The van der Waals surface area contributed by atoms with Gasteiger partial charge in [0.15, 0.2) is 5.69 Å². The molecule has 0 saturated carbocycles. The molecule has 0 unspecified atom stereocenters. The number of nitrogens with two attached hydrogens (primary N) is 1. The second-order valence-electron chi connectivity index (χ2n) is 4.30. The van der Waals surface area contributed by atoms with E-state index >= 15 is 0 Å². The number of halogens is 3. The Balaban J connectivity index is 2.54. The summed E-state index contributed by atoms with van der Waals surface area (Å²) in [5, 5.41) is 2.84. The van der Waals surface area contributed by atoms with E-state index in [9.17, 15) is 13.2 Å². The lowest BCUT2D eigenvalue weighted by atomic mass is 10.3. The number of hydrogen-bond donors (Lipinski definition) is 2. The van der Waals surface area contributed by atoms with Gasteiger partial charge in [0.1, 0.15) is 5.82 Å². The van der Waals surface area contributed by atoms with Crippen molar-refractivity contribution in [3.63, 3.8) is 0 Å². The third kappa shape index (κ3) is 5.20. The van der Waals surface area contributed by atoms with Crippen molar-refractivity contribution < 1.29 is 13.2 Å². The van der Waals surface area contributed by atoms with Gasteiger partial charge >= 0.3 is 6.18 Å². The number of rotatable bonds is 7. The Hall–Kier alpha value is -1.57. The number of hydrogen-bond acceptors (Lipinski definition) is 5. The molecular formula is C12H20F3N5. The van der Waals surface area contributed by atoms with Gasteiger partial charge in [-0.3, -0.25) is 0 Å². The van der Waals surface area contributed by atoms with E-state index in [-0.39, 0.29) is 11.8 Å². The van der Waals surface area contributed by atoms with E-state index in [1.807, 2.05) is 0 Å². The van der Waals surface area contributed by atoms with Gasteiger partial charge in [-0.15, -0.1) is 0 Å². The molecule has 1 heterocycles. The summed E-state index contributed by atoms with van der Waals surface area (Å²) in [5.41, 5.74) is 4.25. The van der Waals surface area contributed by atoms with Crippen LogP contribution in [-0.4, -0.2) is 41.0 Å². The summed E-state index contributed by atoms with van der Waals surface area (Å²) in [6.45, 7) is 7.45. The van der Waals surface area contributed by atoms with Crippen molar-refractivity contribution in [3.8, 4) is 0 Å². The molecule has 0 aliphatic heterocycles. The van der Waals surface area contributed by atoms with Crippen molar-refractivity contribution in [2.75, 3.05) is 37.2 Å². The van der Waals surface area contributed by atoms with Gasteiger partial charge in [-0.05, 0) is 26.1 Å². The molecule has 114 valence electrons. The van der Waals surface area contributed by atoms with Gasteiger partial charge < -0.3 is 16.0 Å². The monoisotopic (exact) mass is 291 g/mol. The summed E-state index contributed by atoms with van der Waals surface area (Å²) in [6.07, 6.45) is -3.71. The molecular weight excluding hydrogens is 271 g/mol. The van der Waals surface area contributed by atoms with Crippen molar-refractivity contribution in [1.29, 1.82) is 0 Å². The van der Waals surface area contributed by atoms with E-state index < -0.39 is 11.9 Å². The second kappa shape index (κ2) is 7.28. The summed E-state index contributed by atoms with van der Waals surface area (Å²) in [5.74, 6) is -0.282. The van der Waals surface area contributed by atoms with E-state index in [0.29, 0.717) is 6.54 Å². The topological polar surface area (TPSA) is 67.1 Å². The largest absolute Gasteiger partial charge is 0.433 e. The van der Waals surface area contributed by atoms with E-state index in [1.54, 1.807) is 0 Å². The molecule has 0 spiro atoms. The Bertz CT molecular complexity index is 418. The van der Waals surface area contributed by atoms with Crippen LogP contribution >= 0.6 is 0 Å². The minimum Gasteiger partial charge on any atom is -0.370 e. The molecule has 0 amide bonds. The molecule has 1 rings (SSSR count). The number of alkyl halides is 3. The van der Waals surface area contributed by atoms with Crippen LogP contribution in [0, 0.1) is 0 Å². The molecule has 0 saturated heterocycles. The Morgan fingerprint density at radius 2 is 1.90 bits per heavy atom. The molecule has 5 nitrogen and oxygen atoms in total. The van der Waals surface area contributed by atoms with Gasteiger partial charge in [0.05, 0.1) is 0 Å². The number of anilines is 2. The van der Waals surface area contributed by atoms with Crippen LogP contribution in [0.25, 0.3) is 0 Å². The predicted octanol–water partition coefficient (Wildman–Crippen LogP) is 2.22. The fraction of sp³-hybridized carbons (Fsp3) is 0.667. The Kier molecular flexibility index (Phi) is 6.00. The van der Waals surface area contributed by atoms with Gasteiger partial charge in [-0.1, -0.05) is 13.8 Å². The van der Waals surface area contributed by atoms with Gasteiger partial charge in [-0.25, -0.2) is 4.98 Å². The molecule has 0 aliphatic rings. The number of nitrogens with zero attached hydrogens (tertiary/aromatic N) is 3. The highest BCUT2D eigenvalue weighted by Gasteiger charge is 2.33. The summed E-state index contributed by atoms with van der Waals surface area (Å²) in [7, 11) is 0. The Morgan fingerprint density at radius 3 is 2.45 bits per heavy atom. The van der Waals surface area contributed by atoms with Crippen molar-refractivity contribution in [1.82, 2.24) is 14.9 Å². The van der Waals surface area contributed by atoms with Gasteiger partial charge in [-0.2, -0.15) is 18.2 Å². The van der Waals surface area contributed by atoms with Crippen LogP contribution in [-0.2, 0) is 6.18 Å².